The quantitative estimate of drug-likeness (QED) is 0.260. The molecular weight excluding hydrogens is 371 g/mol. The summed E-state index contributed by atoms with van der Waals surface area (Å²) in [4.78, 5) is 0. The first-order valence-corrected chi connectivity index (χ1v) is 12.8. The maximum Gasteiger partial charge on any atom is 0.165 e. The van der Waals surface area contributed by atoms with Crippen molar-refractivity contribution in [3.63, 3.8) is 0 Å². The molecule has 2 aliphatic carbocycles. The summed E-state index contributed by atoms with van der Waals surface area (Å²) in [5.74, 6) is 3.07. The van der Waals surface area contributed by atoms with Gasteiger partial charge in [-0.05, 0) is 86.8 Å². The Hall–Kier alpha value is -1.31. The molecule has 168 valence electrons. The number of unbranched alkanes of at least 4 members (excludes halogenated alkanes) is 2. The van der Waals surface area contributed by atoms with Gasteiger partial charge in [-0.1, -0.05) is 70.1 Å². The van der Waals surface area contributed by atoms with E-state index in [1.807, 2.05) is 13.0 Å². The number of rotatable bonds is 11. The van der Waals surface area contributed by atoms with E-state index in [2.05, 4.69) is 13.0 Å². The van der Waals surface area contributed by atoms with Gasteiger partial charge >= 0.3 is 0 Å². The average Bonchev–Trinajstić information content (AvgIpc) is 2.78. The van der Waals surface area contributed by atoms with Crippen molar-refractivity contribution < 1.29 is 9.13 Å². The summed E-state index contributed by atoms with van der Waals surface area (Å²) in [6, 6.07) is 5.49. The number of benzene rings is 1. The lowest BCUT2D eigenvalue weighted by molar-refractivity contribution is 0.185. The Labute approximate surface area is 184 Å². The zero-order chi connectivity index (χ0) is 21.2. The molecule has 0 amide bonds. The highest BCUT2D eigenvalue weighted by Gasteiger charge is 2.28. The molecule has 2 aliphatic rings. The number of ether oxygens (including phenoxy) is 1. The molecule has 1 fully saturated rings. The molecule has 0 radical (unpaired) electrons. The Bertz CT molecular complexity index is 657. The second kappa shape index (κ2) is 12.5. The van der Waals surface area contributed by atoms with Crippen LogP contribution in [0.15, 0.2) is 29.8 Å². The summed E-state index contributed by atoms with van der Waals surface area (Å²) < 4.78 is 19.6. The lowest BCUT2D eigenvalue weighted by Gasteiger charge is -2.35. The van der Waals surface area contributed by atoms with Crippen LogP contribution in [0.25, 0.3) is 0 Å². The van der Waals surface area contributed by atoms with E-state index in [9.17, 15) is 4.39 Å². The normalized spacial score (nSPS) is 24.5. The number of halogens is 1. The molecule has 0 N–H and O–H groups in total. The van der Waals surface area contributed by atoms with Gasteiger partial charge in [0.1, 0.15) is 0 Å². The van der Waals surface area contributed by atoms with Gasteiger partial charge in [0.15, 0.2) is 11.6 Å². The fourth-order valence-electron chi connectivity index (χ4n) is 5.53. The molecule has 0 saturated heterocycles. The smallest absolute Gasteiger partial charge is 0.165 e. The zero-order valence-electron chi connectivity index (χ0n) is 19.4. The lowest BCUT2D eigenvalue weighted by atomic mass is 9.70. The van der Waals surface area contributed by atoms with Crippen LogP contribution in [0, 0.1) is 23.6 Å². The highest BCUT2D eigenvalue weighted by Crippen LogP contribution is 2.41. The molecule has 0 heterocycles. The molecule has 0 spiro atoms. The van der Waals surface area contributed by atoms with Crippen molar-refractivity contribution >= 4 is 0 Å². The van der Waals surface area contributed by atoms with Crippen LogP contribution in [-0.4, -0.2) is 6.61 Å². The van der Waals surface area contributed by atoms with E-state index in [1.54, 1.807) is 17.7 Å². The summed E-state index contributed by atoms with van der Waals surface area (Å²) in [7, 11) is 0. The first-order valence-electron chi connectivity index (χ1n) is 12.8. The second-order valence-corrected chi connectivity index (χ2v) is 9.79. The minimum atomic E-state index is -0.219. The van der Waals surface area contributed by atoms with Crippen LogP contribution in [0.2, 0.25) is 0 Å². The molecule has 0 bridgehead atoms. The minimum Gasteiger partial charge on any atom is -0.491 e. The summed E-state index contributed by atoms with van der Waals surface area (Å²) in [5, 5.41) is 0. The minimum absolute atomic E-state index is 0.219. The first-order chi connectivity index (χ1) is 14.7. The van der Waals surface area contributed by atoms with Gasteiger partial charge in [0.25, 0.3) is 0 Å². The van der Waals surface area contributed by atoms with Gasteiger partial charge in [-0.25, -0.2) is 4.39 Å². The monoisotopic (exact) mass is 414 g/mol. The maximum absolute atomic E-state index is 14.2. The predicted molar refractivity (Wildman–Crippen MR) is 126 cm³/mol. The van der Waals surface area contributed by atoms with Gasteiger partial charge in [0.05, 0.1) is 6.61 Å². The predicted octanol–water partition coefficient (Wildman–Crippen LogP) is 8.66. The van der Waals surface area contributed by atoms with Gasteiger partial charge < -0.3 is 4.74 Å². The van der Waals surface area contributed by atoms with Crippen LogP contribution in [-0.2, 0) is 6.42 Å². The van der Waals surface area contributed by atoms with E-state index in [-0.39, 0.29) is 5.82 Å². The fraction of sp³-hybridized carbons (Fsp3) is 0.714. The average molecular weight is 415 g/mol. The van der Waals surface area contributed by atoms with Crippen LogP contribution in [0.1, 0.15) is 103 Å². The molecule has 1 saturated carbocycles. The Morgan fingerprint density at radius 2 is 1.77 bits per heavy atom. The van der Waals surface area contributed by atoms with E-state index in [0.29, 0.717) is 12.4 Å². The van der Waals surface area contributed by atoms with E-state index < -0.39 is 0 Å². The number of allylic oxidation sites excluding steroid dienone is 2. The SMILES string of the molecule is CCCCCC1CCC(C2CC=C(CCc3ccc(OCCC)c(F)c3)CC2)CC1. The van der Waals surface area contributed by atoms with Gasteiger partial charge in [0, 0.05) is 0 Å². The van der Waals surface area contributed by atoms with E-state index in [1.165, 1.54) is 70.6 Å². The highest BCUT2D eigenvalue weighted by atomic mass is 19.1. The molecule has 1 aromatic carbocycles. The molecule has 1 aromatic rings. The molecule has 0 aromatic heterocycles. The van der Waals surface area contributed by atoms with Crippen LogP contribution >= 0.6 is 0 Å². The van der Waals surface area contributed by atoms with Crippen molar-refractivity contribution in [2.75, 3.05) is 6.61 Å². The fourth-order valence-corrected chi connectivity index (χ4v) is 5.53. The van der Waals surface area contributed by atoms with Crippen LogP contribution in [0.3, 0.4) is 0 Å². The second-order valence-electron chi connectivity index (χ2n) is 9.79. The van der Waals surface area contributed by atoms with Gasteiger partial charge in [-0.15, -0.1) is 0 Å². The van der Waals surface area contributed by atoms with E-state index >= 15 is 0 Å². The van der Waals surface area contributed by atoms with Gasteiger partial charge in [-0.3, -0.25) is 0 Å². The van der Waals surface area contributed by atoms with Crippen molar-refractivity contribution in [1.82, 2.24) is 0 Å². The van der Waals surface area contributed by atoms with Crippen molar-refractivity contribution in [3.8, 4) is 5.75 Å². The third kappa shape index (κ3) is 7.13. The molecule has 1 nitrogen and oxygen atoms in total. The van der Waals surface area contributed by atoms with E-state index in [4.69, 9.17) is 4.74 Å². The Morgan fingerprint density at radius 1 is 0.933 bits per heavy atom. The molecular formula is C28H43FO. The maximum atomic E-state index is 14.2. The summed E-state index contributed by atoms with van der Waals surface area (Å²) in [6.07, 6.45) is 20.9. The Morgan fingerprint density at radius 3 is 2.43 bits per heavy atom. The van der Waals surface area contributed by atoms with Gasteiger partial charge in [-0.2, -0.15) is 0 Å². The summed E-state index contributed by atoms with van der Waals surface area (Å²) in [5.41, 5.74) is 2.67. The van der Waals surface area contributed by atoms with Gasteiger partial charge in [0.2, 0.25) is 0 Å². The topological polar surface area (TPSA) is 9.23 Å². The van der Waals surface area contributed by atoms with Crippen molar-refractivity contribution in [2.24, 2.45) is 17.8 Å². The first kappa shape index (κ1) is 23.4. The van der Waals surface area contributed by atoms with Crippen molar-refractivity contribution in [1.29, 1.82) is 0 Å². The number of hydrogen-bond donors (Lipinski definition) is 0. The van der Waals surface area contributed by atoms with E-state index in [0.717, 1.165) is 42.6 Å². The standard InChI is InChI=1S/C28H43FO/c1-3-5-6-7-22-10-15-25(16-11-22)26-17-12-23(13-18-26)8-9-24-14-19-28(27(29)21-24)30-20-4-2/h12,14,19,21-22,25-26H,3-11,13,15-18,20H2,1-2H3. The molecule has 3 rings (SSSR count). The number of hydrogen-bond acceptors (Lipinski definition) is 1. The molecule has 0 aliphatic heterocycles. The van der Waals surface area contributed by atoms with Crippen LogP contribution in [0.4, 0.5) is 4.39 Å². The molecule has 1 unspecified atom stereocenters. The van der Waals surface area contributed by atoms with Crippen LogP contribution in [0.5, 0.6) is 5.75 Å². The molecule has 30 heavy (non-hydrogen) atoms. The molecule has 2 heteroatoms. The third-order valence-corrected chi connectivity index (χ3v) is 7.51. The largest absolute Gasteiger partial charge is 0.491 e. The lowest BCUT2D eigenvalue weighted by Crippen LogP contribution is -2.23. The van der Waals surface area contributed by atoms with Crippen molar-refractivity contribution in [3.05, 3.63) is 41.2 Å². The summed E-state index contributed by atoms with van der Waals surface area (Å²) >= 11 is 0. The van der Waals surface area contributed by atoms with Crippen molar-refractivity contribution in [2.45, 2.75) is 104 Å². The number of aryl methyl sites for hydroxylation is 1. The Kier molecular flexibility index (Phi) is 9.75. The summed E-state index contributed by atoms with van der Waals surface area (Å²) in [6.45, 7) is 4.92. The Balaban J connectivity index is 1.38. The van der Waals surface area contributed by atoms with Crippen LogP contribution < -0.4 is 4.74 Å². The molecule has 1 atom stereocenters. The third-order valence-electron chi connectivity index (χ3n) is 7.51. The highest BCUT2D eigenvalue weighted by molar-refractivity contribution is 5.30. The zero-order valence-corrected chi connectivity index (χ0v) is 19.4.